The lowest BCUT2D eigenvalue weighted by Crippen LogP contribution is -2.09. The number of ether oxygens (including phenoxy) is 2. The van der Waals surface area contributed by atoms with Gasteiger partial charge in [-0.05, 0) is 41.8 Å². The van der Waals surface area contributed by atoms with E-state index in [9.17, 15) is 9.90 Å². The van der Waals surface area contributed by atoms with Crippen LogP contribution < -0.4 is 9.47 Å². The molecule has 1 N–H and O–H groups in total. The number of hydrogen-bond acceptors (Lipinski definition) is 4. The lowest BCUT2D eigenvalue weighted by atomic mass is 10.0. The number of benzene rings is 2. The van der Waals surface area contributed by atoms with Crippen LogP contribution in [-0.2, 0) is 17.8 Å². The molecule has 3 aromatic rings. The maximum Gasteiger partial charge on any atom is 0.336 e. The Bertz CT molecular complexity index is 1140. The summed E-state index contributed by atoms with van der Waals surface area (Å²) in [5.41, 5.74) is 2.36. The van der Waals surface area contributed by atoms with Gasteiger partial charge in [0.25, 0.3) is 0 Å². The summed E-state index contributed by atoms with van der Waals surface area (Å²) in [6.45, 7) is 2.78. The standard InChI is InChI=1S/C24H23ClN2O4/c1-2-3-8-23-26-13-18(27(23)14-17-6-4-5-7-20(17)25)12-19(24(28)29)16-9-10-21-22(11-16)31-15-30-21/h4-7,9-13H,2-3,8,14-15H2,1H3,(H,28,29)/b19-12+. The molecule has 1 aliphatic rings. The van der Waals surface area contributed by atoms with Gasteiger partial charge in [-0.2, -0.15) is 0 Å². The second-order valence-corrected chi connectivity index (χ2v) is 7.72. The van der Waals surface area contributed by atoms with Gasteiger partial charge in [0.05, 0.1) is 24.0 Å². The Morgan fingerprint density at radius 1 is 1.23 bits per heavy atom. The number of aliphatic carboxylic acids is 1. The number of unbranched alkanes of at least 4 members (excludes halogenated alkanes) is 1. The molecule has 0 aliphatic carbocycles. The Kier molecular flexibility index (Phi) is 6.28. The molecule has 0 spiro atoms. The first-order valence-corrected chi connectivity index (χ1v) is 10.6. The van der Waals surface area contributed by atoms with E-state index in [1.807, 2.05) is 28.8 Å². The number of imidazole rings is 1. The molecule has 2 aromatic carbocycles. The van der Waals surface area contributed by atoms with Gasteiger partial charge in [-0.25, -0.2) is 9.78 Å². The van der Waals surface area contributed by atoms with E-state index in [4.69, 9.17) is 21.1 Å². The van der Waals surface area contributed by atoms with Crippen molar-refractivity contribution in [2.75, 3.05) is 6.79 Å². The number of nitrogens with zero attached hydrogens (tertiary/aromatic N) is 2. The first-order chi connectivity index (χ1) is 15.1. The number of carboxylic acids is 1. The molecular formula is C24H23ClN2O4. The lowest BCUT2D eigenvalue weighted by Gasteiger charge is -2.13. The Balaban J connectivity index is 1.76. The van der Waals surface area contributed by atoms with E-state index >= 15 is 0 Å². The van der Waals surface area contributed by atoms with Crippen molar-refractivity contribution in [3.05, 3.63) is 76.3 Å². The Labute approximate surface area is 185 Å². The number of aromatic nitrogens is 2. The number of carbonyl (C=O) groups is 1. The maximum atomic E-state index is 12.1. The SMILES string of the molecule is CCCCc1ncc(/C=C(/C(=O)O)c2ccc3c(c2)OCO3)n1Cc1ccccc1Cl. The van der Waals surface area contributed by atoms with Crippen molar-refractivity contribution in [1.29, 1.82) is 0 Å². The zero-order chi connectivity index (χ0) is 21.8. The van der Waals surface area contributed by atoms with Gasteiger partial charge in [0.15, 0.2) is 11.5 Å². The van der Waals surface area contributed by atoms with Crippen LogP contribution in [0.4, 0.5) is 0 Å². The van der Waals surface area contributed by atoms with Crippen molar-refractivity contribution < 1.29 is 19.4 Å². The van der Waals surface area contributed by atoms with Crippen LogP contribution in [0.5, 0.6) is 11.5 Å². The second kappa shape index (κ2) is 9.27. The molecule has 0 amide bonds. The smallest absolute Gasteiger partial charge is 0.336 e. The van der Waals surface area contributed by atoms with Crippen molar-refractivity contribution in [1.82, 2.24) is 9.55 Å². The highest BCUT2D eigenvalue weighted by atomic mass is 35.5. The fourth-order valence-electron chi connectivity index (χ4n) is 3.54. The van der Waals surface area contributed by atoms with Crippen molar-refractivity contribution in [2.24, 2.45) is 0 Å². The molecule has 0 radical (unpaired) electrons. The summed E-state index contributed by atoms with van der Waals surface area (Å²) >= 11 is 6.39. The van der Waals surface area contributed by atoms with Crippen LogP contribution in [0.25, 0.3) is 11.6 Å². The van der Waals surface area contributed by atoms with Crippen LogP contribution in [0.1, 0.15) is 42.4 Å². The molecule has 31 heavy (non-hydrogen) atoms. The highest BCUT2D eigenvalue weighted by molar-refractivity contribution is 6.31. The molecule has 0 saturated carbocycles. The molecule has 7 heteroatoms. The summed E-state index contributed by atoms with van der Waals surface area (Å²) in [7, 11) is 0. The first kappa shape index (κ1) is 21.0. The summed E-state index contributed by atoms with van der Waals surface area (Å²) < 4.78 is 12.8. The van der Waals surface area contributed by atoms with E-state index in [0.717, 1.165) is 30.7 Å². The number of aryl methyl sites for hydroxylation is 1. The number of rotatable bonds is 8. The fraction of sp³-hybridized carbons (Fsp3) is 0.250. The predicted molar refractivity (Wildman–Crippen MR) is 119 cm³/mol. The molecule has 0 atom stereocenters. The van der Waals surface area contributed by atoms with Crippen LogP contribution in [0.2, 0.25) is 5.02 Å². The molecule has 0 bridgehead atoms. The van der Waals surface area contributed by atoms with Gasteiger partial charge < -0.3 is 19.1 Å². The molecule has 160 valence electrons. The second-order valence-electron chi connectivity index (χ2n) is 7.31. The Morgan fingerprint density at radius 3 is 2.81 bits per heavy atom. The summed E-state index contributed by atoms with van der Waals surface area (Å²) in [4.78, 5) is 16.7. The molecule has 2 heterocycles. The minimum Gasteiger partial charge on any atom is -0.478 e. The molecule has 0 unspecified atom stereocenters. The van der Waals surface area contributed by atoms with Gasteiger partial charge in [-0.3, -0.25) is 0 Å². The third-order valence-electron chi connectivity index (χ3n) is 5.22. The van der Waals surface area contributed by atoms with E-state index in [0.29, 0.717) is 34.3 Å². The fourth-order valence-corrected chi connectivity index (χ4v) is 3.73. The monoisotopic (exact) mass is 438 g/mol. The van der Waals surface area contributed by atoms with E-state index < -0.39 is 5.97 Å². The van der Waals surface area contributed by atoms with Gasteiger partial charge in [0.1, 0.15) is 5.82 Å². The van der Waals surface area contributed by atoms with Gasteiger partial charge in [-0.15, -0.1) is 0 Å². The molecule has 1 aliphatic heterocycles. The topological polar surface area (TPSA) is 73.6 Å². The molecule has 0 fully saturated rings. The van der Waals surface area contributed by atoms with Crippen LogP contribution in [0.15, 0.2) is 48.7 Å². The van der Waals surface area contributed by atoms with Crippen molar-refractivity contribution >= 4 is 29.2 Å². The van der Waals surface area contributed by atoms with Crippen molar-refractivity contribution in [3.8, 4) is 11.5 Å². The average Bonchev–Trinajstić information content (AvgIpc) is 3.38. The van der Waals surface area contributed by atoms with E-state index in [-0.39, 0.29) is 12.4 Å². The third kappa shape index (κ3) is 4.59. The quantitative estimate of drug-likeness (QED) is 0.484. The van der Waals surface area contributed by atoms with Crippen LogP contribution in [-0.4, -0.2) is 27.4 Å². The minimum atomic E-state index is -1.03. The molecule has 1 aromatic heterocycles. The van der Waals surface area contributed by atoms with E-state index in [2.05, 4.69) is 11.9 Å². The third-order valence-corrected chi connectivity index (χ3v) is 5.58. The van der Waals surface area contributed by atoms with Crippen molar-refractivity contribution in [3.63, 3.8) is 0 Å². The molecule has 4 rings (SSSR count). The van der Waals surface area contributed by atoms with Gasteiger partial charge >= 0.3 is 5.97 Å². The zero-order valence-electron chi connectivity index (χ0n) is 17.2. The summed E-state index contributed by atoms with van der Waals surface area (Å²) in [5, 5.41) is 10.6. The van der Waals surface area contributed by atoms with Crippen molar-refractivity contribution in [2.45, 2.75) is 32.7 Å². The summed E-state index contributed by atoms with van der Waals surface area (Å²) in [6, 6.07) is 12.8. The Hall–Kier alpha value is -3.25. The Morgan fingerprint density at radius 2 is 2.03 bits per heavy atom. The lowest BCUT2D eigenvalue weighted by molar-refractivity contribution is -0.130. The van der Waals surface area contributed by atoms with Gasteiger partial charge in [0, 0.05) is 11.4 Å². The predicted octanol–water partition coefficient (Wildman–Crippen LogP) is 5.28. The van der Waals surface area contributed by atoms with E-state index in [1.54, 1.807) is 30.5 Å². The first-order valence-electron chi connectivity index (χ1n) is 10.2. The molecular weight excluding hydrogens is 416 g/mol. The van der Waals surface area contributed by atoms with Crippen LogP contribution >= 0.6 is 11.6 Å². The average molecular weight is 439 g/mol. The van der Waals surface area contributed by atoms with E-state index in [1.165, 1.54) is 0 Å². The highest BCUT2D eigenvalue weighted by Crippen LogP contribution is 2.35. The zero-order valence-corrected chi connectivity index (χ0v) is 17.9. The van der Waals surface area contributed by atoms with Gasteiger partial charge in [-0.1, -0.05) is 49.2 Å². The normalized spacial score (nSPS) is 12.9. The summed E-state index contributed by atoms with van der Waals surface area (Å²) in [5.74, 6) is 1.03. The van der Waals surface area contributed by atoms with Crippen LogP contribution in [0.3, 0.4) is 0 Å². The molecule has 6 nitrogen and oxygen atoms in total. The number of hydrogen-bond donors (Lipinski definition) is 1. The van der Waals surface area contributed by atoms with Gasteiger partial charge in [0.2, 0.25) is 6.79 Å². The number of halogens is 1. The number of fused-ring (bicyclic) bond motifs is 1. The number of carboxylic acid groups (broad SMARTS) is 1. The molecule has 0 saturated heterocycles. The highest BCUT2D eigenvalue weighted by Gasteiger charge is 2.19. The summed E-state index contributed by atoms with van der Waals surface area (Å²) in [6.07, 6.45) is 6.22. The largest absolute Gasteiger partial charge is 0.478 e. The van der Waals surface area contributed by atoms with Crippen LogP contribution in [0, 0.1) is 0 Å². The minimum absolute atomic E-state index is 0.135. The maximum absolute atomic E-state index is 12.1.